The Labute approximate surface area is 267 Å². The molecule has 5 aliphatic heterocycles. The van der Waals surface area contributed by atoms with Gasteiger partial charge in [-0.25, -0.2) is 8.78 Å². The topological polar surface area (TPSA) is 122 Å². The molecule has 0 radical (unpaired) electrons. The van der Waals surface area contributed by atoms with Gasteiger partial charge < -0.3 is 14.2 Å². The summed E-state index contributed by atoms with van der Waals surface area (Å²) in [4.78, 5) is 23.3. The smallest absolute Gasteiger partial charge is 0.319 e. The van der Waals surface area contributed by atoms with Gasteiger partial charge in [-0.2, -0.15) is 20.1 Å². The second kappa shape index (κ2) is 10.8. The average molecular weight is 648 g/mol. The van der Waals surface area contributed by atoms with Crippen LogP contribution >= 0.6 is 11.6 Å². The van der Waals surface area contributed by atoms with Gasteiger partial charge in [0.15, 0.2) is 11.6 Å². The highest BCUT2D eigenvalue weighted by Gasteiger charge is 2.49. The van der Waals surface area contributed by atoms with E-state index in [0.717, 1.165) is 37.8 Å². The molecule has 4 aromatic heterocycles. The first-order valence-corrected chi connectivity index (χ1v) is 16.4. The molecule has 5 aromatic rings. The second-order valence-corrected chi connectivity index (χ2v) is 13.5. The standard InChI is InChI=1S/C32H32ClF2N9O2/c33-22-10-23-20(13-37-41-23)25-19(22)5-1-6-24-38-30(46-42-24)17-4-2-8-43(14-17)29-21-12-36-28(25)26(35)27(21)39-31(40-29)45-16-32-7-3-9-44(32)15-18(34)11-32/h10,12-13,17-18H,1-9,11,14-16H2,(H,37,41)/t17-,18-,32+/m1/s1. The number of anilines is 1. The van der Waals surface area contributed by atoms with E-state index in [4.69, 9.17) is 35.8 Å². The van der Waals surface area contributed by atoms with Crippen molar-refractivity contribution in [3.05, 3.63) is 46.6 Å². The molecule has 11 nitrogen and oxygen atoms in total. The predicted octanol–water partition coefficient (Wildman–Crippen LogP) is 5.57. The third-order valence-corrected chi connectivity index (χ3v) is 10.6. The summed E-state index contributed by atoms with van der Waals surface area (Å²) >= 11 is 6.84. The molecule has 8 bridgehead atoms. The number of pyridine rings is 1. The lowest BCUT2D eigenvalue weighted by Gasteiger charge is -2.33. The van der Waals surface area contributed by atoms with Crippen LogP contribution in [0.2, 0.25) is 5.02 Å². The Balaban J connectivity index is 1.23. The summed E-state index contributed by atoms with van der Waals surface area (Å²) in [6.45, 7) is 2.75. The fraction of sp³-hybridized carbons (Fsp3) is 0.500. The minimum absolute atomic E-state index is 0.00942. The summed E-state index contributed by atoms with van der Waals surface area (Å²) in [6.07, 6.45) is 8.19. The van der Waals surface area contributed by atoms with Crippen LogP contribution in [0.1, 0.15) is 61.7 Å². The zero-order valence-electron chi connectivity index (χ0n) is 25.1. The highest BCUT2D eigenvalue weighted by atomic mass is 35.5. The van der Waals surface area contributed by atoms with Gasteiger partial charge in [0.2, 0.25) is 5.89 Å². The molecule has 10 rings (SSSR count). The van der Waals surface area contributed by atoms with Crippen molar-refractivity contribution in [1.82, 2.24) is 40.2 Å². The van der Waals surface area contributed by atoms with Crippen LogP contribution in [0.3, 0.4) is 0 Å². The summed E-state index contributed by atoms with van der Waals surface area (Å²) in [5, 5.41) is 13.1. The molecule has 5 aliphatic rings. The highest BCUT2D eigenvalue weighted by Crippen LogP contribution is 2.43. The number of hydrogen-bond acceptors (Lipinski definition) is 10. The van der Waals surface area contributed by atoms with Gasteiger partial charge in [0.25, 0.3) is 0 Å². The van der Waals surface area contributed by atoms with Gasteiger partial charge in [0, 0.05) is 54.6 Å². The predicted molar refractivity (Wildman–Crippen MR) is 166 cm³/mol. The number of H-pyrrole nitrogens is 1. The zero-order valence-corrected chi connectivity index (χ0v) is 25.9. The van der Waals surface area contributed by atoms with Gasteiger partial charge >= 0.3 is 6.01 Å². The van der Waals surface area contributed by atoms with E-state index in [1.807, 2.05) is 6.07 Å². The number of aryl methyl sites for hydroxylation is 1. The molecule has 0 amide bonds. The molecule has 9 heterocycles. The molecule has 1 N–H and O–H groups in total. The zero-order chi connectivity index (χ0) is 31.0. The molecule has 0 saturated carbocycles. The number of hydrogen-bond donors (Lipinski definition) is 1. The largest absolute Gasteiger partial charge is 0.461 e. The highest BCUT2D eigenvalue weighted by molar-refractivity contribution is 6.33. The molecule has 3 saturated heterocycles. The number of alkyl halides is 1. The van der Waals surface area contributed by atoms with Crippen LogP contribution in [-0.4, -0.2) is 84.7 Å². The van der Waals surface area contributed by atoms with E-state index in [2.05, 4.69) is 30.1 Å². The molecule has 0 unspecified atom stereocenters. The number of fused-ring (bicyclic) bond motifs is 5. The quantitative estimate of drug-likeness (QED) is 0.266. The van der Waals surface area contributed by atoms with E-state index in [9.17, 15) is 4.39 Å². The van der Waals surface area contributed by atoms with Crippen molar-refractivity contribution in [3.63, 3.8) is 0 Å². The monoisotopic (exact) mass is 647 g/mol. The van der Waals surface area contributed by atoms with Crippen LogP contribution in [0.4, 0.5) is 14.6 Å². The molecule has 238 valence electrons. The maximum atomic E-state index is 17.0. The minimum Gasteiger partial charge on any atom is -0.461 e. The minimum atomic E-state index is -0.892. The Kier molecular flexibility index (Phi) is 6.64. The van der Waals surface area contributed by atoms with Crippen molar-refractivity contribution < 1.29 is 18.0 Å². The summed E-state index contributed by atoms with van der Waals surface area (Å²) in [6, 6.07) is 1.87. The van der Waals surface area contributed by atoms with Gasteiger partial charge in [0.05, 0.1) is 28.6 Å². The Hall–Kier alpha value is -3.97. The van der Waals surface area contributed by atoms with Gasteiger partial charge in [0.1, 0.15) is 29.8 Å². The van der Waals surface area contributed by atoms with E-state index in [1.165, 1.54) is 0 Å². The molecule has 3 atom stereocenters. The Morgan fingerprint density at radius 2 is 2.02 bits per heavy atom. The van der Waals surface area contributed by atoms with E-state index in [-0.39, 0.29) is 29.7 Å². The van der Waals surface area contributed by atoms with Crippen molar-refractivity contribution in [2.75, 3.05) is 37.7 Å². The number of piperidine rings is 1. The number of ether oxygens (including phenoxy) is 1. The summed E-state index contributed by atoms with van der Waals surface area (Å²) in [5.74, 6) is 1.17. The van der Waals surface area contributed by atoms with E-state index in [1.54, 1.807) is 12.4 Å². The van der Waals surface area contributed by atoms with Crippen LogP contribution in [0.15, 0.2) is 23.0 Å². The van der Waals surface area contributed by atoms with E-state index < -0.39 is 17.5 Å². The number of halogens is 3. The number of benzene rings is 1. The normalized spacial score (nSPS) is 24.7. The number of nitrogens with one attached hydrogen (secondary N) is 1. The lowest BCUT2D eigenvalue weighted by molar-refractivity contribution is 0.107. The Morgan fingerprint density at radius 1 is 1.09 bits per heavy atom. The third kappa shape index (κ3) is 4.53. The molecule has 14 heteroatoms. The summed E-state index contributed by atoms with van der Waals surface area (Å²) in [5.41, 5.74) is 1.84. The van der Waals surface area contributed by atoms with Crippen LogP contribution in [0, 0.1) is 5.82 Å². The molecule has 0 aliphatic carbocycles. The van der Waals surface area contributed by atoms with Gasteiger partial charge in [-0.3, -0.25) is 15.0 Å². The van der Waals surface area contributed by atoms with Gasteiger partial charge in [-0.1, -0.05) is 16.8 Å². The summed E-state index contributed by atoms with van der Waals surface area (Å²) < 4.78 is 43.6. The SMILES string of the molecule is Fc1c2ncc3c(nc(OC[C@@]45CCCN4C[C@H](F)C5)nc13)N1CCC[C@H](C1)c1nc(no1)CCCc1c(Cl)cc3[nH]ncc3c1-2. The third-order valence-electron chi connectivity index (χ3n) is 10.3. The molecular weight excluding hydrogens is 616 g/mol. The average Bonchev–Trinajstić information content (AvgIpc) is 3.85. The lowest BCUT2D eigenvalue weighted by Crippen LogP contribution is -2.43. The van der Waals surface area contributed by atoms with Crippen molar-refractivity contribution in [1.29, 1.82) is 0 Å². The summed E-state index contributed by atoms with van der Waals surface area (Å²) in [7, 11) is 0. The number of rotatable bonds is 3. The van der Waals surface area contributed by atoms with Crippen molar-refractivity contribution in [2.24, 2.45) is 0 Å². The van der Waals surface area contributed by atoms with Crippen molar-refractivity contribution in [2.45, 2.75) is 69.0 Å². The molecular formula is C32H32ClF2N9O2. The number of aromatic amines is 1. The van der Waals surface area contributed by atoms with Gasteiger partial charge in [-0.05, 0) is 56.7 Å². The first kappa shape index (κ1) is 28.3. The first-order valence-electron chi connectivity index (χ1n) is 16.1. The maximum Gasteiger partial charge on any atom is 0.319 e. The fourth-order valence-electron chi connectivity index (χ4n) is 8.09. The Morgan fingerprint density at radius 3 is 2.96 bits per heavy atom. The van der Waals surface area contributed by atoms with Crippen LogP contribution in [-0.2, 0) is 12.8 Å². The van der Waals surface area contributed by atoms with Crippen molar-refractivity contribution >= 4 is 39.2 Å². The van der Waals surface area contributed by atoms with E-state index >= 15 is 4.39 Å². The molecule has 46 heavy (non-hydrogen) atoms. The van der Waals surface area contributed by atoms with Crippen molar-refractivity contribution in [3.8, 4) is 17.3 Å². The number of aromatic nitrogens is 7. The Bertz CT molecular complexity index is 1980. The first-order chi connectivity index (χ1) is 22.5. The van der Waals surface area contributed by atoms with E-state index in [0.29, 0.717) is 89.7 Å². The maximum absolute atomic E-state index is 17.0. The lowest BCUT2D eigenvalue weighted by atomic mass is 9.94. The second-order valence-electron chi connectivity index (χ2n) is 13.1. The molecule has 0 spiro atoms. The molecule has 3 fully saturated rings. The van der Waals surface area contributed by atoms with Gasteiger partial charge in [-0.15, -0.1) is 0 Å². The fourth-order valence-corrected chi connectivity index (χ4v) is 8.39. The van der Waals surface area contributed by atoms with Crippen LogP contribution in [0.25, 0.3) is 33.1 Å². The molecule has 1 aromatic carbocycles. The van der Waals surface area contributed by atoms with Crippen LogP contribution < -0.4 is 9.64 Å². The number of nitrogens with zero attached hydrogens (tertiary/aromatic N) is 8. The van der Waals surface area contributed by atoms with Crippen LogP contribution in [0.5, 0.6) is 6.01 Å².